The third-order valence-electron chi connectivity index (χ3n) is 6.28. The summed E-state index contributed by atoms with van der Waals surface area (Å²) >= 11 is 1.19. The zero-order valence-corrected chi connectivity index (χ0v) is 24.0. The van der Waals surface area contributed by atoms with Crippen LogP contribution in [0.1, 0.15) is 17.2 Å². The quantitative estimate of drug-likeness (QED) is 0.147. The molecule has 0 spiro atoms. The van der Waals surface area contributed by atoms with Crippen LogP contribution in [0.15, 0.2) is 94.7 Å². The second-order valence-electron chi connectivity index (χ2n) is 8.89. The van der Waals surface area contributed by atoms with Crippen LogP contribution >= 0.6 is 11.3 Å². The van der Waals surface area contributed by atoms with Gasteiger partial charge in [-0.1, -0.05) is 29.5 Å². The number of fused-ring (bicyclic) bond motifs is 1. The Bertz CT molecular complexity index is 1830. The number of sulfone groups is 1. The zero-order chi connectivity index (χ0) is 29.9. The minimum absolute atomic E-state index is 0.0694. The first-order valence-electron chi connectivity index (χ1n) is 12.4. The van der Waals surface area contributed by atoms with Crippen molar-refractivity contribution in [3.63, 3.8) is 0 Å². The molecule has 1 atom stereocenters. The van der Waals surface area contributed by atoms with Crippen molar-refractivity contribution in [3.8, 4) is 17.2 Å². The number of methoxy groups -OCH3 is 2. The van der Waals surface area contributed by atoms with Crippen LogP contribution < -0.4 is 19.5 Å². The Morgan fingerprint density at radius 1 is 0.976 bits per heavy atom. The van der Waals surface area contributed by atoms with Crippen LogP contribution in [-0.4, -0.2) is 39.7 Å². The summed E-state index contributed by atoms with van der Waals surface area (Å²) in [5.41, 5.74) is 1.25. The maximum atomic E-state index is 13.8. The van der Waals surface area contributed by atoms with Gasteiger partial charge in [-0.15, -0.1) is 0 Å². The molecular formula is C30H24FN3O6S2. The topological polar surface area (TPSA) is 128 Å². The number of aromatic nitrogens is 1. The molecule has 0 aliphatic heterocycles. The SMILES string of the molecule is COc1cc2nc(NC(=O)C(Oc3ccc(C=N)cc3)c3ccccc3S(=O)(=O)c3ccc(F)cc3)sc2cc1OC. The summed E-state index contributed by atoms with van der Waals surface area (Å²) in [5, 5.41) is 10.4. The second-order valence-corrected chi connectivity index (χ2v) is 11.8. The first-order valence-corrected chi connectivity index (χ1v) is 14.7. The van der Waals surface area contributed by atoms with E-state index >= 15 is 0 Å². The molecule has 42 heavy (non-hydrogen) atoms. The van der Waals surface area contributed by atoms with E-state index < -0.39 is 27.7 Å². The molecule has 0 fully saturated rings. The van der Waals surface area contributed by atoms with Crippen LogP contribution in [0, 0.1) is 11.2 Å². The van der Waals surface area contributed by atoms with E-state index in [9.17, 15) is 17.6 Å². The van der Waals surface area contributed by atoms with E-state index in [4.69, 9.17) is 19.6 Å². The van der Waals surface area contributed by atoms with Crippen LogP contribution in [0.2, 0.25) is 0 Å². The van der Waals surface area contributed by atoms with Crippen molar-refractivity contribution in [2.45, 2.75) is 15.9 Å². The van der Waals surface area contributed by atoms with Crippen molar-refractivity contribution < 1.29 is 31.8 Å². The standard InChI is InChI=1S/C30H24FN3O6S2/c1-38-24-15-23-26(16-25(24)39-2)41-30(33-23)34-29(35)28(40-20-11-7-18(17-32)8-12-20)22-5-3-4-6-27(22)42(36,37)21-13-9-19(31)10-14-21/h3-17,28,32H,1-2H3,(H,33,34,35). The van der Waals surface area contributed by atoms with E-state index in [0.717, 1.165) is 35.2 Å². The Kier molecular flexibility index (Phi) is 8.18. The molecule has 5 aromatic rings. The van der Waals surface area contributed by atoms with Crippen molar-refractivity contribution >= 4 is 48.6 Å². The fourth-order valence-corrected chi connectivity index (χ4v) is 6.57. The highest BCUT2D eigenvalue weighted by Crippen LogP contribution is 2.37. The van der Waals surface area contributed by atoms with Gasteiger partial charge >= 0.3 is 0 Å². The third-order valence-corrected chi connectivity index (χ3v) is 9.05. The average molecular weight is 606 g/mol. The van der Waals surface area contributed by atoms with E-state index in [1.54, 1.807) is 42.5 Å². The van der Waals surface area contributed by atoms with E-state index in [-0.39, 0.29) is 26.2 Å². The van der Waals surface area contributed by atoms with Gasteiger partial charge < -0.3 is 19.6 Å². The maximum Gasteiger partial charge on any atom is 0.272 e. The Morgan fingerprint density at radius 2 is 1.64 bits per heavy atom. The number of thiazole rings is 1. The molecule has 0 bridgehead atoms. The van der Waals surface area contributed by atoms with Crippen LogP contribution in [-0.2, 0) is 14.6 Å². The van der Waals surface area contributed by atoms with Gasteiger partial charge in [0, 0.05) is 23.9 Å². The van der Waals surface area contributed by atoms with E-state index in [1.807, 2.05) is 0 Å². The summed E-state index contributed by atoms with van der Waals surface area (Å²) in [5.74, 6) is -0.00892. The number of halogens is 1. The number of nitrogens with one attached hydrogen (secondary N) is 2. The first kappa shape index (κ1) is 28.7. The van der Waals surface area contributed by atoms with Gasteiger partial charge in [-0.05, 0) is 60.2 Å². The Hall–Kier alpha value is -4.81. The summed E-state index contributed by atoms with van der Waals surface area (Å²) in [7, 11) is -1.15. The van der Waals surface area contributed by atoms with Gasteiger partial charge in [0.15, 0.2) is 16.6 Å². The van der Waals surface area contributed by atoms with Crippen molar-refractivity contribution in [2.24, 2.45) is 0 Å². The van der Waals surface area contributed by atoms with E-state index in [0.29, 0.717) is 22.6 Å². The number of benzene rings is 4. The zero-order valence-electron chi connectivity index (χ0n) is 22.3. The smallest absolute Gasteiger partial charge is 0.272 e. The summed E-state index contributed by atoms with van der Waals surface area (Å²) in [6.45, 7) is 0. The number of hydrogen-bond donors (Lipinski definition) is 2. The predicted octanol–water partition coefficient (Wildman–Crippen LogP) is 6.04. The number of carbonyl (C=O) groups excluding carboxylic acids is 1. The lowest BCUT2D eigenvalue weighted by molar-refractivity contribution is -0.123. The van der Waals surface area contributed by atoms with Gasteiger partial charge in [0.2, 0.25) is 15.9 Å². The molecule has 5 rings (SSSR count). The van der Waals surface area contributed by atoms with Gasteiger partial charge in [-0.2, -0.15) is 0 Å². The number of amides is 1. The molecule has 1 amide bonds. The molecule has 0 aliphatic carbocycles. The van der Waals surface area contributed by atoms with Crippen molar-refractivity contribution in [3.05, 3.63) is 102 Å². The fraction of sp³-hybridized carbons (Fsp3) is 0.100. The normalized spacial score (nSPS) is 12.0. The molecule has 0 aliphatic rings. The molecule has 1 aromatic heterocycles. The molecule has 1 heterocycles. The number of carbonyl (C=O) groups is 1. The van der Waals surface area contributed by atoms with Crippen molar-refractivity contribution in [1.82, 2.24) is 4.98 Å². The summed E-state index contributed by atoms with van der Waals surface area (Å²) in [6, 6.07) is 20.3. The monoisotopic (exact) mass is 605 g/mol. The van der Waals surface area contributed by atoms with Gasteiger partial charge in [-0.25, -0.2) is 17.8 Å². The lowest BCUT2D eigenvalue weighted by Gasteiger charge is -2.21. The van der Waals surface area contributed by atoms with Crippen LogP contribution in [0.25, 0.3) is 10.2 Å². The maximum absolute atomic E-state index is 13.8. The fourth-order valence-electron chi connectivity index (χ4n) is 4.20. The molecule has 1 unspecified atom stereocenters. The highest BCUT2D eigenvalue weighted by atomic mass is 32.2. The predicted molar refractivity (Wildman–Crippen MR) is 157 cm³/mol. The third kappa shape index (κ3) is 5.80. The Labute approximate surface area is 244 Å². The lowest BCUT2D eigenvalue weighted by atomic mass is 10.1. The highest BCUT2D eigenvalue weighted by Gasteiger charge is 2.31. The van der Waals surface area contributed by atoms with Gasteiger partial charge in [-0.3, -0.25) is 10.1 Å². The Morgan fingerprint density at radius 3 is 2.31 bits per heavy atom. The molecule has 12 heteroatoms. The molecule has 0 saturated heterocycles. The molecule has 0 radical (unpaired) electrons. The van der Waals surface area contributed by atoms with Crippen molar-refractivity contribution in [1.29, 1.82) is 5.41 Å². The summed E-state index contributed by atoms with van der Waals surface area (Å²) in [4.78, 5) is 18.0. The van der Waals surface area contributed by atoms with Crippen LogP contribution in [0.4, 0.5) is 9.52 Å². The van der Waals surface area contributed by atoms with Crippen molar-refractivity contribution in [2.75, 3.05) is 19.5 Å². The summed E-state index contributed by atoms with van der Waals surface area (Å²) < 4.78 is 58.4. The number of hydrogen-bond acceptors (Lipinski definition) is 9. The minimum atomic E-state index is -4.17. The van der Waals surface area contributed by atoms with Crippen LogP contribution in [0.3, 0.4) is 0 Å². The number of rotatable bonds is 10. The lowest BCUT2D eigenvalue weighted by Crippen LogP contribution is -2.27. The second kappa shape index (κ2) is 12.0. The molecule has 4 aromatic carbocycles. The van der Waals surface area contributed by atoms with Gasteiger partial charge in [0.05, 0.1) is 34.2 Å². The number of anilines is 1. The number of ether oxygens (including phenoxy) is 3. The molecule has 214 valence electrons. The minimum Gasteiger partial charge on any atom is -0.493 e. The first-order chi connectivity index (χ1) is 20.2. The van der Waals surface area contributed by atoms with E-state index in [1.165, 1.54) is 43.8 Å². The average Bonchev–Trinajstić information content (AvgIpc) is 3.40. The highest BCUT2D eigenvalue weighted by molar-refractivity contribution is 7.91. The van der Waals surface area contributed by atoms with Gasteiger partial charge in [0.25, 0.3) is 5.91 Å². The Balaban J connectivity index is 1.56. The van der Waals surface area contributed by atoms with E-state index in [2.05, 4.69) is 10.3 Å². The van der Waals surface area contributed by atoms with Crippen LogP contribution in [0.5, 0.6) is 17.2 Å². The molecule has 0 saturated carbocycles. The van der Waals surface area contributed by atoms with Gasteiger partial charge in [0.1, 0.15) is 11.6 Å². The number of nitrogens with zero attached hydrogens (tertiary/aromatic N) is 1. The molecule has 2 N–H and O–H groups in total. The molecule has 9 nitrogen and oxygen atoms in total. The molecular weight excluding hydrogens is 581 g/mol. The largest absolute Gasteiger partial charge is 0.493 e. The summed E-state index contributed by atoms with van der Waals surface area (Å²) in [6.07, 6.45) is -0.270.